The van der Waals surface area contributed by atoms with Crippen LogP contribution in [0.2, 0.25) is 0 Å². The van der Waals surface area contributed by atoms with Crippen molar-refractivity contribution in [2.75, 3.05) is 19.7 Å². The third kappa shape index (κ3) is 3.26. The Labute approximate surface area is 111 Å². The normalized spacial score (nSPS) is 15.7. The van der Waals surface area contributed by atoms with E-state index in [1.807, 2.05) is 37.3 Å². The first-order chi connectivity index (χ1) is 8.81. The van der Waals surface area contributed by atoms with E-state index in [2.05, 4.69) is 10.3 Å². The second-order valence-electron chi connectivity index (χ2n) is 3.77. The van der Waals surface area contributed by atoms with E-state index in [9.17, 15) is 4.79 Å². The van der Waals surface area contributed by atoms with Gasteiger partial charge in [-0.25, -0.2) is 0 Å². The topological polar surface area (TPSA) is 50.7 Å². The molecular weight excluding hydrogens is 248 g/mol. The van der Waals surface area contributed by atoms with E-state index in [-0.39, 0.29) is 11.2 Å². The zero-order chi connectivity index (χ0) is 12.8. The van der Waals surface area contributed by atoms with Crippen molar-refractivity contribution in [3.63, 3.8) is 0 Å². The summed E-state index contributed by atoms with van der Waals surface area (Å²) in [4.78, 5) is 16.3. The maximum atomic E-state index is 12.0. The van der Waals surface area contributed by atoms with Gasteiger partial charge in [0.25, 0.3) is 0 Å². The molecule has 1 aromatic rings. The number of hydrogen-bond acceptors (Lipinski definition) is 5. The van der Waals surface area contributed by atoms with Gasteiger partial charge in [0.05, 0.1) is 13.2 Å². The number of thioether (sulfide) groups is 1. The summed E-state index contributed by atoms with van der Waals surface area (Å²) in [6.45, 7) is 3.82. The Morgan fingerprint density at radius 3 is 2.89 bits per heavy atom. The molecule has 1 aliphatic heterocycles. The molecule has 1 aromatic carbocycles. The third-order valence-corrected chi connectivity index (χ3v) is 3.67. The first-order valence-electron chi connectivity index (χ1n) is 5.98. The molecular formula is C13H16N2O2S. The summed E-state index contributed by atoms with van der Waals surface area (Å²) in [6, 6.07) is 9.65. The van der Waals surface area contributed by atoms with E-state index < -0.39 is 0 Å². The van der Waals surface area contributed by atoms with Gasteiger partial charge in [0.15, 0.2) is 5.17 Å². The van der Waals surface area contributed by atoms with Crippen LogP contribution in [-0.4, -0.2) is 30.8 Å². The van der Waals surface area contributed by atoms with Crippen LogP contribution < -0.4 is 5.32 Å². The van der Waals surface area contributed by atoms with Crippen molar-refractivity contribution in [3.8, 4) is 0 Å². The fourth-order valence-electron chi connectivity index (χ4n) is 1.66. The van der Waals surface area contributed by atoms with Gasteiger partial charge in [-0.05, 0) is 12.5 Å². The smallest absolute Gasteiger partial charge is 0.324 e. The minimum Gasteiger partial charge on any atom is -0.465 e. The lowest BCUT2D eigenvalue weighted by Gasteiger charge is -2.15. The Morgan fingerprint density at radius 1 is 1.50 bits per heavy atom. The number of aliphatic imine (C=N–C) groups is 1. The summed E-state index contributed by atoms with van der Waals surface area (Å²) in [5.74, 6) is -0.218. The number of carbonyl (C=O) groups is 1. The monoisotopic (exact) mass is 264 g/mol. The minimum atomic E-state index is -0.351. The predicted molar refractivity (Wildman–Crippen MR) is 73.7 cm³/mol. The lowest BCUT2D eigenvalue weighted by atomic mass is 10.1. The van der Waals surface area contributed by atoms with Gasteiger partial charge < -0.3 is 10.1 Å². The van der Waals surface area contributed by atoms with E-state index in [4.69, 9.17) is 4.74 Å². The Balaban J connectivity index is 2.14. The van der Waals surface area contributed by atoms with Gasteiger partial charge in [0, 0.05) is 6.54 Å². The van der Waals surface area contributed by atoms with Gasteiger partial charge in [-0.3, -0.25) is 9.79 Å². The van der Waals surface area contributed by atoms with Crippen LogP contribution in [0.4, 0.5) is 0 Å². The maximum Gasteiger partial charge on any atom is 0.324 e. The molecule has 0 spiro atoms. The van der Waals surface area contributed by atoms with Crippen LogP contribution in [-0.2, 0) is 9.53 Å². The molecule has 0 fully saturated rings. The first kappa shape index (κ1) is 13.0. The first-order valence-corrected chi connectivity index (χ1v) is 6.85. The van der Waals surface area contributed by atoms with Crippen LogP contribution in [0.1, 0.15) is 17.7 Å². The van der Waals surface area contributed by atoms with Gasteiger partial charge in [0.2, 0.25) is 0 Å². The highest BCUT2D eigenvalue weighted by molar-refractivity contribution is 8.14. The van der Waals surface area contributed by atoms with Crippen molar-refractivity contribution >= 4 is 22.9 Å². The van der Waals surface area contributed by atoms with E-state index in [1.54, 1.807) is 0 Å². The summed E-state index contributed by atoms with van der Waals surface area (Å²) < 4.78 is 5.13. The van der Waals surface area contributed by atoms with Crippen LogP contribution in [0, 0.1) is 0 Å². The quantitative estimate of drug-likeness (QED) is 0.845. The Morgan fingerprint density at radius 2 is 2.28 bits per heavy atom. The van der Waals surface area contributed by atoms with Crippen LogP contribution in [0.5, 0.6) is 0 Å². The molecule has 1 N–H and O–H groups in total. The molecule has 5 heteroatoms. The average Bonchev–Trinajstić information content (AvgIpc) is 2.90. The zero-order valence-electron chi connectivity index (χ0n) is 10.3. The van der Waals surface area contributed by atoms with Crippen molar-refractivity contribution in [2.24, 2.45) is 4.99 Å². The molecule has 18 heavy (non-hydrogen) atoms. The molecule has 1 aliphatic rings. The van der Waals surface area contributed by atoms with E-state index in [0.29, 0.717) is 6.61 Å². The summed E-state index contributed by atoms with van der Waals surface area (Å²) in [5.41, 5.74) is 0.942. The number of rotatable bonds is 4. The number of ether oxygens (including phenoxy) is 1. The fourth-order valence-corrected chi connectivity index (χ4v) is 2.70. The third-order valence-electron chi connectivity index (χ3n) is 2.48. The number of esters is 1. The molecule has 2 rings (SSSR count). The molecule has 96 valence electrons. The fraction of sp³-hybridized carbons (Fsp3) is 0.385. The molecule has 1 unspecified atom stereocenters. The highest BCUT2D eigenvalue weighted by atomic mass is 32.2. The van der Waals surface area contributed by atoms with Crippen molar-refractivity contribution < 1.29 is 9.53 Å². The summed E-state index contributed by atoms with van der Waals surface area (Å²) >= 11 is 1.42. The summed E-state index contributed by atoms with van der Waals surface area (Å²) in [7, 11) is 0. The molecule has 0 saturated carbocycles. The van der Waals surface area contributed by atoms with Gasteiger partial charge in [-0.1, -0.05) is 42.1 Å². The van der Waals surface area contributed by atoms with Crippen LogP contribution in [0.15, 0.2) is 35.3 Å². The second kappa shape index (κ2) is 6.44. The van der Waals surface area contributed by atoms with E-state index in [0.717, 1.165) is 23.8 Å². The standard InChI is InChI=1S/C13H16N2O2S/c1-2-17-12(16)11(10-6-4-3-5-7-10)18-13-14-8-9-15-13/h3-7,11H,2,8-9H2,1H3,(H,14,15). The molecule has 0 saturated heterocycles. The molecule has 0 aromatic heterocycles. The SMILES string of the molecule is CCOC(=O)C(SC1=NCCN1)c1ccccc1. The van der Waals surface area contributed by atoms with Gasteiger partial charge in [-0.2, -0.15) is 0 Å². The molecule has 0 aliphatic carbocycles. The molecule has 0 radical (unpaired) electrons. The predicted octanol–water partition coefficient (Wildman–Crippen LogP) is 1.98. The highest BCUT2D eigenvalue weighted by Gasteiger charge is 2.25. The molecule has 1 atom stereocenters. The van der Waals surface area contributed by atoms with Crippen molar-refractivity contribution in [3.05, 3.63) is 35.9 Å². The largest absolute Gasteiger partial charge is 0.465 e. The number of amidine groups is 1. The highest BCUT2D eigenvalue weighted by Crippen LogP contribution is 2.31. The number of hydrogen-bond donors (Lipinski definition) is 1. The zero-order valence-corrected chi connectivity index (χ0v) is 11.1. The summed E-state index contributed by atoms with van der Waals surface area (Å²) in [5, 5.41) is 3.62. The molecule has 0 amide bonds. The Hall–Kier alpha value is -1.49. The molecule has 4 nitrogen and oxygen atoms in total. The number of nitrogens with one attached hydrogen (secondary N) is 1. The second-order valence-corrected chi connectivity index (χ2v) is 4.87. The number of benzene rings is 1. The van der Waals surface area contributed by atoms with Crippen LogP contribution in [0.3, 0.4) is 0 Å². The average molecular weight is 264 g/mol. The van der Waals surface area contributed by atoms with Crippen LogP contribution >= 0.6 is 11.8 Å². The Kier molecular flexibility index (Phi) is 4.64. The van der Waals surface area contributed by atoms with Crippen LogP contribution in [0.25, 0.3) is 0 Å². The van der Waals surface area contributed by atoms with Crippen molar-refractivity contribution in [1.29, 1.82) is 0 Å². The number of nitrogens with zero attached hydrogens (tertiary/aromatic N) is 1. The van der Waals surface area contributed by atoms with Crippen molar-refractivity contribution in [1.82, 2.24) is 5.32 Å². The Bertz CT molecular complexity index is 434. The lowest BCUT2D eigenvalue weighted by Crippen LogP contribution is -2.20. The minimum absolute atomic E-state index is 0.218. The van der Waals surface area contributed by atoms with Gasteiger partial charge in [-0.15, -0.1) is 0 Å². The number of carbonyl (C=O) groups excluding carboxylic acids is 1. The molecule has 1 heterocycles. The van der Waals surface area contributed by atoms with Crippen molar-refractivity contribution in [2.45, 2.75) is 12.2 Å². The molecule has 0 bridgehead atoms. The lowest BCUT2D eigenvalue weighted by molar-refractivity contribution is -0.142. The van der Waals surface area contributed by atoms with Gasteiger partial charge in [0.1, 0.15) is 5.25 Å². The van der Waals surface area contributed by atoms with E-state index in [1.165, 1.54) is 11.8 Å². The maximum absolute atomic E-state index is 12.0. The van der Waals surface area contributed by atoms with Gasteiger partial charge >= 0.3 is 5.97 Å². The van der Waals surface area contributed by atoms with E-state index >= 15 is 0 Å². The summed E-state index contributed by atoms with van der Waals surface area (Å²) in [6.07, 6.45) is 0.